The summed E-state index contributed by atoms with van der Waals surface area (Å²) in [5.41, 5.74) is 3.21. The molecule has 6 nitrogen and oxygen atoms in total. The van der Waals surface area contributed by atoms with Gasteiger partial charge in [0.05, 0.1) is 35.6 Å². The first-order valence-electron chi connectivity index (χ1n) is 9.74. The Hall–Kier alpha value is -1.29. The number of ether oxygens (including phenoxy) is 1. The molecule has 156 valence electrons. The third kappa shape index (κ3) is 4.73. The highest BCUT2D eigenvalue weighted by molar-refractivity contribution is 8.16. The van der Waals surface area contributed by atoms with E-state index in [4.69, 9.17) is 9.73 Å². The molecule has 0 saturated carbocycles. The van der Waals surface area contributed by atoms with Crippen molar-refractivity contribution in [2.75, 3.05) is 32.6 Å². The number of nitrogens with zero attached hydrogens (tertiary/aromatic N) is 2. The molecule has 1 fully saturated rings. The summed E-state index contributed by atoms with van der Waals surface area (Å²) in [6.45, 7) is 7.39. The summed E-state index contributed by atoms with van der Waals surface area (Å²) >= 11 is 4.94. The summed E-state index contributed by atoms with van der Waals surface area (Å²) in [7, 11) is 0. The van der Waals surface area contributed by atoms with Gasteiger partial charge in [0.1, 0.15) is 0 Å². The molecule has 3 heterocycles. The van der Waals surface area contributed by atoms with Gasteiger partial charge in [-0.1, -0.05) is 11.8 Å². The van der Waals surface area contributed by atoms with Crippen LogP contribution in [-0.2, 0) is 9.53 Å². The highest BCUT2D eigenvalue weighted by atomic mass is 32.2. The van der Waals surface area contributed by atoms with Gasteiger partial charge >= 0.3 is 0 Å². The smallest absolute Gasteiger partial charge is 0.277 e. The van der Waals surface area contributed by atoms with Crippen molar-refractivity contribution in [2.24, 2.45) is 4.99 Å². The van der Waals surface area contributed by atoms with E-state index in [-0.39, 0.29) is 17.2 Å². The van der Waals surface area contributed by atoms with Crippen LogP contribution in [0.2, 0.25) is 0 Å². The second-order valence-corrected chi connectivity index (χ2v) is 10.3. The number of nitrogens with one attached hydrogen (secondary N) is 2. The van der Waals surface area contributed by atoms with E-state index in [1.165, 1.54) is 17.5 Å². The van der Waals surface area contributed by atoms with Crippen molar-refractivity contribution in [3.05, 3.63) is 45.6 Å². The topological polar surface area (TPSA) is 66.0 Å². The quantitative estimate of drug-likeness (QED) is 0.668. The molecule has 2 N–H and O–H groups in total. The molecule has 3 aliphatic heterocycles. The lowest BCUT2D eigenvalue weighted by atomic mass is 10.2. The molecule has 0 aromatic heterocycles. The van der Waals surface area contributed by atoms with Crippen molar-refractivity contribution in [2.45, 2.75) is 30.5 Å². The van der Waals surface area contributed by atoms with Crippen LogP contribution >= 0.6 is 35.3 Å². The summed E-state index contributed by atoms with van der Waals surface area (Å²) < 4.78 is 5.49. The fourth-order valence-corrected chi connectivity index (χ4v) is 6.04. The fourth-order valence-electron chi connectivity index (χ4n) is 3.49. The maximum atomic E-state index is 12.9. The van der Waals surface area contributed by atoms with E-state index in [1.54, 1.807) is 23.5 Å². The minimum absolute atomic E-state index is 0.0562. The molecule has 0 spiro atoms. The molecule has 0 aromatic carbocycles. The standard InChI is InChI=1S/C20H26N4O2S3/c1-12(15-11-28-13(2)22-15)21-19(25)20-23-18-16(27-3)5-4-14(10-17(18)29-20)24-6-8-26-9-7-24/h4-5,10-13,17,22H,6-9H2,1-3H3,(H,21,25). The minimum atomic E-state index is -0.110. The summed E-state index contributed by atoms with van der Waals surface area (Å²) in [5, 5.41) is 9.49. The number of hydrogen-bond donors (Lipinski definition) is 2. The third-order valence-corrected chi connectivity index (χ3v) is 7.90. The van der Waals surface area contributed by atoms with Gasteiger partial charge in [0.25, 0.3) is 5.91 Å². The van der Waals surface area contributed by atoms with Crippen molar-refractivity contribution in [1.29, 1.82) is 0 Å². The Kier molecular flexibility index (Phi) is 6.68. The van der Waals surface area contributed by atoms with Crippen molar-refractivity contribution in [1.82, 2.24) is 15.5 Å². The Morgan fingerprint density at radius 1 is 1.41 bits per heavy atom. The molecule has 1 amide bonds. The second kappa shape index (κ2) is 9.24. The first-order chi connectivity index (χ1) is 14.0. The molecule has 1 aliphatic carbocycles. The number of aliphatic imine (C=N–C) groups is 1. The third-order valence-electron chi connectivity index (χ3n) is 5.08. The van der Waals surface area contributed by atoms with Gasteiger partial charge in [0.2, 0.25) is 0 Å². The molecule has 29 heavy (non-hydrogen) atoms. The van der Waals surface area contributed by atoms with Crippen LogP contribution in [0, 0.1) is 0 Å². The van der Waals surface area contributed by atoms with Crippen LogP contribution in [-0.4, -0.2) is 65.1 Å². The van der Waals surface area contributed by atoms with Crippen LogP contribution in [0.4, 0.5) is 0 Å². The van der Waals surface area contributed by atoms with E-state index in [2.05, 4.69) is 52.3 Å². The van der Waals surface area contributed by atoms with Gasteiger partial charge in [-0.3, -0.25) is 4.79 Å². The Morgan fingerprint density at radius 3 is 2.90 bits per heavy atom. The number of amides is 1. The van der Waals surface area contributed by atoms with Gasteiger partial charge < -0.3 is 20.3 Å². The van der Waals surface area contributed by atoms with Crippen LogP contribution in [0.25, 0.3) is 0 Å². The van der Waals surface area contributed by atoms with E-state index < -0.39 is 0 Å². The molecule has 4 rings (SSSR count). The Morgan fingerprint density at radius 2 is 2.21 bits per heavy atom. The van der Waals surface area contributed by atoms with E-state index in [0.29, 0.717) is 10.4 Å². The Labute approximate surface area is 184 Å². The van der Waals surface area contributed by atoms with Crippen LogP contribution in [0.15, 0.2) is 50.6 Å². The zero-order valence-corrected chi connectivity index (χ0v) is 19.3. The zero-order chi connectivity index (χ0) is 20.4. The summed E-state index contributed by atoms with van der Waals surface area (Å²) in [6.07, 6.45) is 8.58. The Bertz CT molecular complexity index is 828. The number of carbonyl (C=O) groups excluding carboxylic acids is 1. The number of morpholine rings is 1. The van der Waals surface area contributed by atoms with Crippen molar-refractivity contribution in [3.8, 4) is 0 Å². The number of rotatable bonds is 5. The number of thioether (sulfide) groups is 3. The number of hydrogen-bond acceptors (Lipinski definition) is 8. The lowest BCUT2D eigenvalue weighted by molar-refractivity contribution is -0.114. The van der Waals surface area contributed by atoms with Crippen molar-refractivity contribution < 1.29 is 9.53 Å². The Balaban J connectivity index is 1.49. The van der Waals surface area contributed by atoms with Crippen molar-refractivity contribution in [3.63, 3.8) is 0 Å². The molecule has 9 heteroatoms. The zero-order valence-electron chi connectivity index (χ0n) is 16.8. The van der Waals surface area contributed by atoms with E-state index in [1.807, 2.05) is 6.92 Å². The lowest BCUT2D eigenvalue weighted by Crippen LogP contribution is -2.40. The monoisotopic (exact) mass is 450 g/mol. The van der Waals surface area contributed by atoms with Gasteiger partial charge in [-0.15, -0.1) is 23.5 Å². The van der Waals surface area contributed by atoms with E-state index >= 15 is 0 Å². The fraction of sp³-hybridized carbons (Fsp3) is 0.500. The largest absolute Gasteiger partial charge is 0.378 e. The first-order valence-corrected chi connectivity index (χ1v) is 12.8. The van der Waals surface area contributed by atoms with Gasteiger partial charge in [-0.2, -0.15) is 0 Å². The second-order valence-electron chi connectivity index (χ2n) is 7.12. The number of carbonyl (C=O) groups is 1. The van der Waals surface area contributed by atoms with Gasteiger partial charge in [-0.05, 0) is 43.7 Å². The van der Waals surface area contributed by atoms with Gasteiger partial charge in [-0.25, -0.2) is 4.99 Å². The molecule has 0 radical (unpaired) electrons. The molecule has 1 saturated heterocycles. The van der Waals surface area contributed by atoms with E-state index in [0.717, 1.165) is 42.6 Å². The summed E-state index contributed by atoms with van der Waals surface area (Å²) in [4.78, 5) is 21.1. The number of fused-ring (bicyclic) bond motifs is 1. The van der Waals surface area contributed by atoms with E-state index in [9.17, 15) is 4.79 Å². The predicted octanol–water partition coefficient (Wildman–Crippen LogP) is 2.89. The maximum absolute atomic E-state index is 12.9. The first kappa shape index (κ1) is 21.0. The predicted molar refractivity (Wildman–Crippen MR) is 125 cm³/mol. The molecule has 4 aliphatic rings. The highest BCUT2D eigenvalue weighted by Crippen LogP contribution is 2.39. The number of allylic oxidation sites excluding steroid dienone is 2. The average molecular weight is 451 g/mol. The lowest BCUT2D eigenvalue weighted by Gasteiger charge is -2.30. The molecular formula is C20H26N4O2S3. The molecule has 0 bridgehead atoms. The molecule has 3 atom stereocenters. The van der Waals surface area contributed by atoms with Crippen LogP contribution in [0.5, 0.6) is 0 Å². The normalized spacial score (nSPS) is 27.6. The average Bonchev–Trinajstić information content (AvgIpc) is 3.31. The summed E-state index contributed by atoms with van der Waals surface area (Å²) in [6, 6.07) is -0.0676. The molecule has 0 aromatic rings. The van der Waals surface area contributed by atoms with Crippen LogP contribution in [0.1, 0.15) is 13.8 Å². The van der Waals surface area contributed by atoms with Crippen LogP contribution in [0.3, 0.4) is 0 Å². The highest BCUT2D eigenvalue weighted by Gasteiger charge is 2.32. The molecule has 3 unspecified atom stereocenters. The van der Waals surface area contributed by atoms with Gasteiger partial charge in [0.15, 0.2) is 5.04 Å². The molecular weight excluding hydrogens is 424 g/mol. The van der Waals surface area contributed by atoms with Crippen molar-refractivity contribution >= 4 is 46.2 Å². The summed E-state index contributed by atoms with van der Waals surface area (Å²) in [5.74, 6) is -0.110. The van der Waals surface area contributed by atoms with Gasteiger partial charge in [0, 0.05) is 29.4 Å². The minimum Gasteiger partial charge on any atom is -0.378 e. The maximum Gasteiger partial charge on any atom is 0.277 e. The SMILES string of the molecule is CSC1=C2N=C(C(=O)NC(C)C3=CSC(C)N3)SC2C=C(N2CCOCC2)C=C1. The van der Waals surface area contributed by atoms with Crippen LogP contribution < -0.4 is 10.6 Å².